The quantitative estimate of drug-likeness (QED) is 0.802. The number of anilines is 1. The first-order valence-corrected chi connectivity index (χ1v) is 7.04. The van der Waals surface area contributed by atoms with E-state index in [-0.39, 0.29) is 5.54 Å². The summed E-state index contributed by atoms with van der Waals surface area (Å²) >= 11 is 0. The molecule has 2 N–H and O–H groups in total. The van der Waals surface area contributed by atoms with Gasteiger partial charge in [-0.2, -0.15) is 0 Å². The summed E-state index contributed by atoms with van der Waals surface area (Å²) in [6.07, 6.45) is -0.478. The van der Waals surface area contributed by atoms with E-state index < -0.39 is 6.10 Å². The second kappa shape index (κ2) is 7.62. The van der Waals surface area contributed by atoms with Gasteiger partial charge in [0.1, 0.15) is 0 Å². The Labute approximate surface area is 122 Å². The van der Waals surface area contributed by atoms with Gasteiger partial charge in [0.15, 0.2) is 0 Å². The van der Waals surface area contributed by atoms with Crippen molar-refractivity contribution in [3.63, 3.8) is 0 Å². The molecule has 1 aromatic carbocycles. The van der Waals surface area contributed by atoms with E-state index in [1.807, 2.05) is 19.2 Å². The van der Waals surface area contributed by atoms with Gasteiger partial charge in [-0.15, -0.1) is 0 Å². The highest BCUT2D eigenvalue weighted by Gasteiger charge is 2.14. The molecule has 0 aliphatic rings. The molecule has 1 rings (SSSR count). The lowest BCUT2D eigenvalue weighted by Crippen LogP contribution is -2.36. The highest BCUT2D eigenvalue weighted by molar-refractivity contribution is 5.53. The van der Waals surface area contributed by atoms with Gasteiger partial charge in [0, 0.05) is 38.5 Å². The molecule has 114 valence electrons. The molecule has 4 nitrogen and oxygen atoms in total. The summed E-state index contributed by atoms with van der Waals surface area (Å²) in [5.41, 5.74) is 2.45. The van der Waals surface area contributed by atoms with Gasteiger partial charge >= 0.3 is 0 Å². The number of nitrogens with one attached hydrogen (secondary N) is 1. The van der Waals surface area contributed by atoms with E-state index in [0.717, 1.165) is 12.2 Å². The Bertz CT molecular complexity index is 402. The molecular formula is C16H28N2O2. The van der Waals surface area contributed by atoms with E-state index in [4.69, 9.17) is 4.74 Å². The lowest BCUT2D eigenvalue weighted by atomic mass is 10.1. The van der Waals surface area contributed by atoms with Crippen LogP contribution in [0.1, 0.15) is 26.3 Å². The van der Waals surface area contributed by atoms with E-state index >= 15 is 0 Å². The largest absolute Gasteiger partial charge is 0.389 e. The summed E-state index contributed by atoms with van der Waals surface area (Å²) in [4.78, 5) is 2.07. The molecule has 0 aromatic heterocycles. The van der Waals surface area contributed by atoms with Crippen molar-refractivity contribution in [1.82, 2.24) is 5.32 Å². The van der Waals surface area contributed by atoms with E-state index in [1.54, 1.807) is 7.11 Å². The minimum Gasteiger partial charge on any atom is -0.389 e. The molecule has 4 heteroatoms. The van der Waals surface area contributed by atoms with Crippen LogP contribution in [0.15, 0.2) is 24.3 Å². The average Bonchev–Trinajstić information content (AvgIpc) is 2.36. The smallest absolute Gasteiger partial charge is 0.0947 e. The fourth-order valence-corrected chi connectivity index (χ4v) is 2.05. The van der Waals surface area contributed by atoms with Crippen molar-refractivity contribution in [2.75, 3.05) is 32.2 Å². The molecular weight excluding hydrogens is 252 g/mol. The standard InChI is InChI=1S/C16H28N2O2/c1-16(2,3)17-10-13-8-6-7-9-15(13)18(4)11-14(19)12-20-5/h6-9,14,17,19H,10-12H2,1-5H3. The molecule has 0 bridgehead atoms. The normalized spacial score (nSPS) is 13.3. The number of para-hydroxylation sites is 1. The second-order valence-corrected chi connectivity index (χ2v) is 6.22. The van der Waals surface area contributed by atoms with Crippen LogP contribution in [0.3, 0.4) is 0 Å². The SMILES string of the molecule is COCC(O)CN(C)c1ccccc1CNC(C)(C)C. The third-order valence-corrected chi connectivity index (χ3v) is 3.06. The molecule has 0 aliphatic carbocycles. The number of rotatable bonds is 7. The van der Waals surface area contributed by atoms with Gasteiger partial charge in [-0.05, 0) is 32.4 Å². The summed E-state index contributed by atoms with van der Waals surface area (Å²) < 4.78 is 4.97. The van der Waals surface area contributed by atoms with Crippen LogP contribution in [0.5, 0.6) is 0 Å². The molecule has 0 aliphatic heterocycles. The third-order valence-electron chi connectivity index (χ3n) is 3.06. The van der Waals surface area contributed by atoms with Gasteiger partial charge in [-0.3, -0.25) is 0 Å². The molecule has 1 aromatic rings. The Morgan fingerprint density at radius 1 is 1.30 bits per heavy atom. The number of methoxy groups -OCH3 is 1. The number of benzene rings is 1. The summed E-state index contributed by atoms with van der Waals surface area (Å²) in [6, 6.07) is 8.27. The van der Waals surface area contributed by atoms with E-state index in [0.29, 0.717) is 13.2 Å². The lowest BCUT2D eigenvalue weighted by molar-refractivity contribution is 0.0695. The molecule has 0 amide bonds. The molecule has 1 atom stereocenters. The molecule has 0 saturated heterocycles. The van der Waals surface area contributed by atoms with Gasteiger partial charge < -0.3 is 20.1 Å². The summed E-state index contributed by atoms with van der Waals surface area (Å²) in [7, 11) is 3.60. The van der Waals surface area contributed by atoms with E-state index in [2.05, 4.69) is 43.1 Å². The van der Waals surface area contributed by atoms with Crippen LogP contribution in [0, 0.1) is 0 Å². The highest BCUT2D eigenvalue weighted by Crippen LogP contribution is 2.20. The number of aliphatic hydroxyl groups is 1. The van der Waals surface area contributed by atoms with Crippen LogP contribution < -0.4 is 10.2 Å². The molecule has 0 radical (unpaired) electrons. The van der Waals surface area contributed by atoms with Crippen molar-refractivity contribution >= 4 is 5.69 Å². The lowest BCUT2D eigenvalue weighted by Gasteiger charge is -2.27. The topological polar surface area (TPSA) is 44.7 Å². The van der Waals surface area contributed by atoms with E-state index in [9.17, 15) is 5.11 Å². The maximum Gasteiger partial charge on any atom is 0.0947 e. The molecule has 0 heterocycles. The number of ether oxygens (including phenoxy) is 1. The Balaban J connectivity index is 2.73. The average molecular weight is 280 g/mol. The van der Waals surface area contributed by atoms with Crippen molar-refractivity contribution < 1.29 is 9.84 Å². The Hall–Kier alpha value is -1.10. The number of nitrogens with zero attached hydrogens (tertiary/aromatic N) is 1. The minimum absolute atomic E-state index is 0.0846. The first kappa shape index (κ1) is 17.0. The van der Waals surface area contributed by atoms with Crippen molar-refractivity contribution in [3.05, 3.63) is 29.8 Å². The maximum absolute atomic E-state index is 9.85. The predicted molar refractivity (Wildman–Crippen MR) is 84.2 cm³/mol. The number of hydrogen-bond acceptors (Lipinski definition) is 4. The third kappa shape index (κ3) is 5.90. The molecule has 0 saturated carbocycles. The summed E-state index contributed by atoms with van der Waals surface area (Å²) in [6.45, 7) is 8.18. The Kier molecular flexibility index (Phi) is 6.46. The molecule has 1 unspecified atom stereocenters. The predicted octanol–water partition coefficient (Wildman–Crippen LogP) is 2.02. The minimum atomic E-state index is -0.478. The van der Waals surface area contributed by atoms with Crippen molar-refractivity contribution in [2.24, 2.45) is 0 Å². The van der Waals surface area contributed by atoms with E-state index in [1.165, 1.54) is 5.56 Å². The zero-order valence-corrected chi connectivity index (χ0v) is 13.3. The van der Waals surface area contributed by atoms with Gasteiger partial charge in [0.2, 0.25) is 0 Å². The van der Waals surface area contributed by atoms with Crippen LogP contribution in [-0.2, 0) is 11.3 Å². The Morgan fingerprint density at radius 3 is 2.55 bits per heavy atom. The zero-order valence-electron chi connectivity index (χ0n) is 13.3. The maximum atomic E-state index is 9.85. The van der Waals surface area contributed by atoms with Gasteiger partial charge in [-0.25, -0.2) is 0 Å². The van der Waals surface area contributed by atoms with Crippen molar-refractivity contribution in [2.45, 2.75) is 39.0 Å². The zero-order chi connectivity index (χ0) is 15.2. The van der Waals surface area contributed by atoms with Crippen molar-refractivity contribution in [1.29, 1.82) is 0 Å². The highest BCUT2D eigenvalue weighted by atomic mass is 16.5. The van der Waals surface area contributed by atoms with Gasteiger partial charge in [0.05, 0.1) is 12.7 Å². The van der Waals surface area contributed by atoms with Crippen LogP contribution in [0.25, 0.3) is 0 Å². The van der Waals surface area contributed by atoms with Crippen molar-refractivity contribution in [3.8, 4) is 0 Å². The monoisotopic (exact) mass is 280 g/mol. The Morgan fingerprint density at radius 2 is 1.95 bits per heavy atom. The molecule has 20 heavy (non-hydrogen) atoms. The number of likely N-dealkylation sites (N-methyl/N-ethyl adjacent to an activating group) is 1. The van der Waals surface area contributed by atoms with Gasteiger partial charge in [-0.1, -0.05) is 18.2 Å². The first-order chi connectivity index (χ1) is 9.33. The summed E-state index contributed by atoms with van der Waals surface area (Å²) in [5.74, 6) is 0. The van der Waals surface area contributed by atoms with Crippen LogP contribution in [0.4, 0.5) is 5.69 Å². The van der Waals surface area contributed by atoms with Crippen LogP contribution in [-0.4, -0.2) is 44.1 Å². The number of aliphatic hydroxyl groups excluding tert-OH is 1. The molecule has 0 fully saturated rings. The van der Waals surface area contributed by atoms with Gasteiger partial charge in [0.25, 0.3) is 0 Å². The number of hydrogen-bond donors (Lipinski definition) is 2. The summed E-state index contributed by atoms with van der Waals surface area (Å²) in [5, 5.41) is 13.3. The van der Waals surface area contributed by atoms with Crippen LogP contribution in [0.2, 0.25) is 0 Å². The second-order valence-electron chi connectivity index (χ2n) is 6.22. The fraction of sp³-hybridized carbons (Fsp3) is 0.625. The molecule has 0 spiro atoms. The first-order valence-electron chi connectivity index (χ1n) is 7.04. The fourth-order valence-electron chi connectivity index (χ4n) is 2.05. The van der Waals surface area contributed by atoms with Crippen LogP contribution >= 0.6 is 0 Å².